The van der Waals surface area contributed by atoms with E-state index in [2.05, 4.69) is 5.32 Å². The number of ether oxygens (including phenoxy) is 3. The summed E-state index contributed by atoms with van der Waals surface area (Å²) in [6.07, 6.45) is -4.44. The van der Waals surface area contributed by atoms with Crippen LogP contribution in [-0.4, -0.2) is 99.5 Å². The van der Waals surface area contributed by atoms with Crippen molar-refractivity contribution in [2.24, 2.45) is 0 Å². The van der Waals surface area contributed by atoms with E-state index in [-0.39, 0.29) is 18.4 Å². The van der Waals surface area contributed by atoms with E-state index in [1.807, 2.05) is 30.3 Å². The van der Waals surface area contributed by atoms with E-state index in [1.165, 1.54) is 21.3 Å². The Balaban J connectivity index is 0.000000673. The minimum absolute atomic E-state index is 0.0162. The summed E-state index contributed by atoms with van der Waals surface area (Å²) in [5, 5.41) is 10.4. The monoisotopic (exact) mass is 555 g/mol. The van der Waals surface area contributed by atoms with Crippen LogP contribution in [0.2, 0.25) is 0 Å². The van der Waals surface area contributed by atoms with Crippen molar-refractivity contribution in [3.05, 3.63) is 53.6 Å². The molecule has 214 valence electrons. The topological polar surface area (TPSA) is 118 Å². The molecule has 0 radical (unpaired) electrons. The van der Waals surface area contributed by atoms with Crippen molar-refractivity contribution in [1.29, 1.82) is 0 Å². The predicted molar refractivity (Wildman–Crippen MR) is 135 cm³/mol. The molecule has 0 bridgehead atoms. The fraction of sp³-hybridized carbons (Fsp3) is 0.423. The fourth-order valence-electron chi connectivity index (χ4n) is 3.73. The molecule has 2 aromatic carbocycles. The SMILES string of the molecule is COc1cc(C(=O)N(CCc2ccccc2)CC(=O)N2CCNCC2)cc(OC)c1OC.O=C(O)C(F)(F)F. The molecule has 39 heavy (non-hydrogen) atoms. The number of piperazine rings is 1. The van der Waals surface area contributed by atoms with Gasteiger partial charge in [0.15, 0.2) is 11.5 Å². The first-order valence-electron chi connectivity index (χ1n) is 11.9. The molecule has 2 amide bonds. The van der Waals surface area contributed by atoms with Crippen LogP contribution in [-0.2, 0) is 16.0 Å². The Bertz CT molecular complexity index is 1080. The summed E-state index contributed by atoms with van der Waals surface area (Å²) >= 11 is 0. The Kier molecular flexibility index (Phi) is 11.9. The van der Waals surface area contributed by atoms with E-state index in [9.17, 15) is 22.8 Å². The van der Waals surface area contributed by atoms with E-state index >= 15 is 0 Å². The molecule has 1 aliphatic rings. The van der Waals surface area contributed by atoms with Crippen molar-refractivity contribution >= 4 is 17.8 Å². The van der Waals surface area contributed by atoms with Gasteiger partial charge in [0, 0.05) is 38.3 Å². The number of carbonyl (C=O) groups is 3. The maximum atomic E-state index is 13.5. The molecule has 0 atom stereocenters. The average molecular weight is 556 g/mol. The lowest BCUT2D eigenvalue weighted by Crippen LogP contribution is -2.50. The van der Waals surface area contributed by atoms with Crippen LogP contribution in [0.4, 0.5) is 13.2 Å². The second-order valence-electron chi connectivity index (χ2n) is 8.31. The molecule has 0 spiro atoms. The zero-order chi connectivity index (χ0) is 29.0. The predicted octanol–water partition coefficient (Wildman–Crippen LogP) is 2.46. The molecule has 1 heterocycles. The number of benzene rings is 2. The van der Waals surface area contributed by atoms with Crippen molar-refractivity contribution in [2.75, 3.05) is 60.6 Å². The molecule has 1 saturated heterocycles. The molecule has 2 N–H and O–H groups in total. The first-order chi connectivity index (χ1) is 18.5. The molecule has 10 nitrogen and oxygen atoms in total. The lowest BCUT2D eigenvalue weighted by Gasteiger charge is -2.30. The number of alkyl halides is 3. The van der Waals surface area contributed by atoms with Crippen LogP contribution in [0.5, 0.6) is 17.2 Å². The molecule has 2 aromatic rings. The van der Waals surface area contributed by atoms with Gasteiger partial charge < -0.3 is 34.4 Å². The van der Waals surface area contributed by atoms with Crippen LogP contribution in [0, 0.1) is 0 Å². The Labute approximate surface area is 224 Å². The molecule has 3 rings (SSSR count). The maximum Gasteiger partial charge on any atom is 0.490 e. The van der Waals surface area contributed by atoms with Crippen LogP contribution in [0.1, 0.15) is 15.9 Å². The lowest BCUT2D eigenvalue weighted by atomic mass is 10.1. The summed E-state index contributed by atoms with van der Waals surface area (Å²) in [5.74, 6) is -1.87. The van der Waals surface area contributed by atoms with Gasteiger partial charge in [-0.2, -0.15) is 13.2 Å². The third-order valence-electron chi connectivity index (χ3n) is 5.75. The summed E-state index contributed by atoms with van der Waals surface area (Å²) < 4.78 is 47.9. The number of nitrogens with zero attached hydrogens (tertiary/aromatic N) is 2. The van der Waals surface area contributed by atoms with Crippen molar-refractivity contribution < 1.29 is 46.9 Å². The van der Waals surface area contributed by atoms with E-state index in [1.54, 1.807) is 21.9 Å². The highest BCUT2D eigenvalue weighted by molar-refractivity contribution is 5.97. The summed E-state index contributed by atoms with van der Waals surface area (Å²) in [6.45, 7) is 3.24. The zero-order valence-electron chi connectivity index (χ0n) is 21.9. The first-order valence-corrected chi connectivity index (χ1v) is 11.9. The average Bonchev–Trinajstić information content (AvgIpc) is 2.94. The van der Waals surface area contributed by atoms with E-state index in [0.29, 0.717) is 48.9 Å². The Morgan fingerprint density at radius 1 is 0.974 bits per heavy atom. The molecule has 1 aliphatic heterocycles. The normalized spacial score (nSPS) is 13.0. The Hall–Kier alpha value is -4.00. The highest BCUT2D eigenvalue weighted by Crippen LogP contribution is 2.38. The summed E-state index contributed by atoms with van der Waals surface area (Å²) in [7, 11) is 4.53. The van der Waals surface area contributed by atoms with Gasteiger partial charge in [-0.05, 0) is 24.1 Å². The minimum Gasteiger partial charge on any atom is -0.493 e. The smallest absolute Gasteiger partial charge is 0.490 e. The van der Waals surface area contributed by atoms with Gasteiger partial charge in [-0.3, -0.25) is 9.59 Å². The van der Waals surface area contributed by atoms with Crippen LogP contribution in [0.15, 0.2) is 42.5 Å². The lowest BCUT2D eigenvalue weighted by molar-refractivity contribution is -0.192. The van der Waals surface area contributed by atoms with E-state index < -0.39 is 12.1 Å². The summed E-state index contributed by atoms with van der Waals surface area (Å²) in [6, 6.07) is 13.2. The third-order valence-corrected chi connectivity index (χ3v) is 5.75. The number of carboxylic acids is 1. The Morgan fingerprint density at radius 2 is 1.51 bits per heavy atom. The van der Waals surface area contributed by atoms with Gasteiger partial charge in [0.1, 0.15) is 6.54 Å². The number of methoxy groups -OCH3 is 3. The number of hydrogen-bond donors (Lipinski definition) is 2. The minimum atomic E-state index is -5.08. The number of amides is 2. The van der Waals surface area contributed by atoms with Gasteiger partial charge in [0.2, 0.25) is 11.7 Å². The van der Waals surface area contributed by atoms with Crippen LogP contribution in [0.25, 0.3) is 0 Å². The molecule has 0 saturated carbocycles. The quantitative estimate of drug-likeness (QED) is 0.485. The Morgan fingerprint density at radius 3 is 1.97 bits per heavy atom. The number of carboxylic acid groups (broad SMARTS) is 1. The highest BCUT2D eigenvalue weighted by atomic mass is 19.4. The van der Waals surface area contributed by atoms with Gasteiger partial charge in [-0.15, -0.1) is 0 Å². The number of hydrogen-bond acceptors (Lipinski definition) is 7. The highest BCUT2D eigenvalue weighted by Gasteiger charge is 2.38. The second-order valence-corrected chi connectivity index (χ2v) is 8.31. The largest absolute Gasteiger partial charge is 0.493 e. The molecular formula is C26H32F3N3O7. The third kappa shape index (κ3) is 9.36. The number of halogens is 3. The number of aliphatic carboxylic acids is 1. The maximum absolute atomic E-state index is 13.5. The van der Waals surface area contributed by atoms with Gasteiger partial charge in [-0.1, -0.05) is 30.3 Å². The van der Waals surface area contributed by atoms with Gasteiger partial charge in [0.05, 0.1) is 21.3 Å². The standard InChI is InChI=1S/C24H31N3O5.C2HF3O2/c1-30-20-15-19(16-21(31-2)23(20)32-3)24(29)27(12-9-18-7-5-4-6-8-18)17-22(28)26-13-10-25-11-14-26;3-2(4,5)1(6)7/h4-8,15-16,25H,9-14,17H2,1-3H3;(H,6,7). The number of carbonyl (C=O) groups excluding carboxylic acids is 2. The van der Waals surface area contributed by atoms with Crippen LogP contribution < -0.4 is 19.5 Å². The zero-order valence-corrected chi connectivity index (χ0v) is 21.9. The van der Waals surface area contributed by atoms with Crippen molar-refractivity contribution in [3.63, 3.8) is 0 Å². The van der Waals surface area contributed by atoms with Gasteiger partial charge in [0.25, 0.3) is 5.91 Å². The van der Waals surface area contributed by atoms with Gasteiger partial charge >= 0.3 is 12.1 Å². The summed E-state index contributed by atoms with van der Waals surface area (Å²) in [4.78, 5) is 38.7. The summed E-state index contributed by atoms with van der Waals surface area (Å²) in [5.41, 5.74) is 1.48. The molecular weight excluding hydrogens is 523 g/mol. The van der Waals surface area contributed by atoms with E-state index in [0.717, 1.165) is 18.7 Å². The van der Waals surface area contributed by atoms with Crippen LogP contribution >= 0.6 is 0 Å². The molecule has 0 aromatic heterocycles. The molecule has 13 heteroatoms. The van der Waals surface area contributed by atoms with E-state index in [4.69, 9.17) is 24.1 Å². The molecule has 0 unspecified atom stereocenters. The fourth-order valence-corrected chi connectivity index (χ4v) is 3.73. The molecule has 0 aliphatic carbocycles. The molecule has 1 fully saturated rings. The van der Waals surface area contributed by atoms with Crippen molar-refractivity contribution in [1.82, 2.24) is 15.1 Å². The first kappa shape index (κ1) is 31.2. The van der Waals surface area contributed by atoms with Crippen molar-refractivity contribution in [3.8, 4) is 17.2 Å². The second kappa shape index (κ2) is 14.8. The van der Waals surface area contributed by atoms with Gasteiger partial charge in [-0.25, -0.2) is 4.79 Å². The van der Waals surface area contributed by atoms with Crippen molar-refractivity contribution in [2.45, 2.75) is 12.6 Å². The number of rotatable bonds is 9. The number of nitrogens with one attached hydrogen (secondary N) is 1. The van der Waals surface area contributed by atoms with Crippen LogP contribution in [0.3, 0.4) is 0 Å².